The minimum absolute atomic E-state index is 0.0511. The molecule has 1 aromatic heterocycles. The fourth-order valence-corrected chi connectivity index (χ4v) is 2.29. The fourth-order valence-electron chi connectivity index (χ4n) is 1.47. The van der Waals surface area contributed by atoms with E-state index in [9.17, 15) is 0 Å². The van der Waals surface area contributed by atoms with Gasteiger partial charge in [0.25, 0.3) is 0 Å². The molecule has 0 N–H and O–H groups in total. The molecule has 0 saturated carbocycles. The van der Waals surface area contributed by atoms with Crippen LogP contribution >= 0.6 is 34.2 Å². The van der Waals surface area contributed by atoms with Crippen molar-refractivity contribution in [2.75, 3.05) is 7.11 Å². The predicted molar refractivity (Wildman–Crippen MR) is 73.8 cm³/mol. The predicted octanol–water partition coefficient (Wildman–Crippen LogP) is 3.78. The van der Waals surface area contributed by atoms with Gasteiger partial charge in [0.1, 0.15) is 11.3 Å². The summed E-state index contributed by atoms with van der Waals surface area (Å²) in [6.45, 7) is 4.17. The third-order valence-corrected chi connectivity index (χ3v) is 4.08. The van der Waals surface area contributed by atoms with Crippen LogP contribution in [0.5, 0.6) is 0 Å². The molecule has 3 nitrogen and oxygen atoms in total. The van der Waals surface area contributed by atoms with Gasteiger partial charge in [-0.25, -0.2) is 9.97 Å². The minimum atomic E-state index is -0.0511. The van der Waals surface area contributed by atoms with Crippen molar-refractivity contribution in [1.29, 1.82) is 0 Å². The first-order valence-electron chi connectivity index (χ1n) is 5.38. The second kappa shape index (κ2) is 6.71. The zero-order chi connectivity index (χ0) is 12.1. The standard InChI is InChI=1S/C11H16ClIN2O/c1-4-6-8(16-3)11-14-7(5-2)9(13)10(12)15-11/h8H,4-6H2,1-3H3. The smallest absolute Gasteiger partial charge is 0.159 e. The number of halogens is 2. The Morgan fingerprint density at radius 2 is 2.06 bits per heavy atom. The van der Waals surface area contributed by atoms with Crippen molar-refractivity contribution in [3.8, 4) is 0 Å². The first-order chi connectivity index (χ1) is 7.63. The number of hydrogen-bond donors (Lipinski definition) is 0. The number of rotatable bonds is 5. The summed E-state index contributed by atoms with van der Waals surface area (Å²) >= 11 is 8.27. The monoisotopic (exact) mass is 354 g/mol. The Morgan fingerprint density at radius 3 is 2.56 bits per heavy atom. The number of aromatic nitrogens is 2. The van der Waals surface area contributed by atoms with E-state index < -0.39 is 0 Å². The lowest BCUT2D eigenvalue weighted by Crippen LogP contribution is -2.10. The van der Waals surface area contributed by atoms with Gasteiger partial charge in [0.05, 0.1) is 9.26 Å². The van der Waals surface area contributed by atoms with Gasteiger partial charge in [-0.1, -0.05) is 31.9 Å². The number of hydrogen-bond acceptors (Lipinski definition) is 3. The van der Waals surface area contributed by atoms with E-state index in [0.717, 1.165) is 28.5 Å². The zero-order valence-electron chi connectivity index (χ0n) is 9.76. The number of aryl methyl sites for hydroxylation is 1. The Kier molecular flexibility index (Phi) is 5.92. The Morgan fingerprint density at radius 1 is 1.38 bits per heavy atom. The summed E-state index contributed by atoms with van der Waals surface area (Å²) in [5.41, 5.74) is 0.994. The first-order valence-corrected chi connectivity index (χ1v) is 6.84. The molecule has 0 spiro atoms. The van der Waals surface area contributed by atoms with Gasteiger partial charge in [0, 0.05) is 7.11 Å². The van der Waals surface area contributed by atoms with Crippen LogP contribution in [-0.2, 0) is 11.2 Å². The highest BCUT2D eigenvalue weighted by molar-refractivity contribution is 14.1. The highest BCUT2D eigenvalue weighted by Crippen LogP contribution is 2.25. The Hall–Kier alpha value is 0.0600. The second-order valence-corrected chi connectivity index (χ2v) is 4.94. The van der Waals surface area contributed by atoms with Crippen LogP contribution in [0.1, 0.15) is 44.3 Å². The molecule has 90 valence electrons. The summed E-state index contributed by atoms with van der Waals surface area (Å²) in [7, 11) is 1.68. The van der Waals surface area contributed by atoms with Crippen molar-refractivity contribution in [3.63, 3.8) is 0 Å². The molecule has 1 unspecified atom stereocenters. The summed E-state index contributed by atoms with van der Waals surface area (Å²) in [6, 6.07) is 0. The van der Waals surface area contributed by atoms with E-state index in [1.54, 1.807) is 7.11 Å². The summed E-state index contributed by atoms with van der Waals surface area (Å²) in [5, 5.41) is 0.528. The summed E-state index contributed by atoms with van der Waals surface area (Å²) in [6.07, 6.45) is 2.75. The molecule has 0 aliphatic carbocycles. The summed E-state index contributed by atoms with van der Waals surface area (Å²) in [5.74, 6) is 0.701. The van der Waals surface area contributed by atoms with E-state index in [1.807, 2.05) is 0 Å². The maximum atomic E-state index is 6.08. The lowest BCUT2D eigenvalue weighted by molar-refractivity contribution is 0.0874. The topological polar surface area (TPSA) is 35.0 Å². The van der Waals surface area contributed by atoms with Gasteiger partial charge < -0.3 is 4.74 Å². The fraction of sp³-hybridized carbons (Fsp3) is 0.636. The van der Waals surface area contributed by atoms with Crippen molar-refractivity contribution in [2.24, 2.45) is 0 Å². The van der Waals surface area contributed by atoms with Crippen LogP contribution in [0.15, 0.2) is 0 Å². The van der Waals surface area contributed by atoms with Crippen LogP contribution in [0.2, 0.25) is 5.15 Å². The third kappa shape index (κ3) is 3.28. The minimum Gasteiger partial charge on any atom is -0.373 e. The van der Waals surface area contributed by atoms with Crippen LogP contribution in [-0.4, -0.2) is 17.1 Å². The highest BCUT2D eigenvalue weighted by Gasteiger charge is 2.16. The molecule has 0 amide bonds. The lowest BCUT2D eigenvalue weighted by Gasteiger charge is -2.14. The van der Waals surface area contributed by atoms with Crippen molar-refractivity contribution in [2.45, 2.75) is 39.2 Å². The van der Waals surface area contributed by atoms with Crippen molar-refractivity contribution in [3.05, 3.63) is 20.2 Å². The van der Waals surface area contributed by atoms with Gasteiger partial charge in [-0.3, -0.25) is 0 Å². The molecule has 0 saturated heterocycles. The van der Waals surface area contributed by atoms with Gasteiger partial charge in [-0.05, 0) is 35.4 Å². The van der Waals surface area contributed by atoms with Gasteiger partial charge in [0.2, 0.25) is 0 Å². The molecule has 1 atom stereocenters. The van der Waals surface area contributed by atoms with Crippen LogP contribution in [0.3, 0.4) is 0 Å². The molecule has 5 heteroatoms. The molecular formula is C11H16ClIN2O. The molecular weight excluding hydrogens is 338 g/mol. The summed E-state index contributed by atoms with van der Waals surface area (Å²) in [4.78, 5) is 8.81. The van der Waals surface area contributed by atoms with Gasteiger partial charge in [0.15, 0.2) is 5.82 Å². The van der Waals surface area contributed by atoms with E-state index in [1.165, 1.54) is 0 Å². The Bertz CT molecular complexity index is 360. The van der Waals surface area contributed by atoms with Crippen LogP contribution < -0.4 is 0 Å². The van der Waals surface area contributed by atoms with Gasteiger partial charge in [-0.2, -0.15) is 0 Å². The lowest BCUT2D eigenvalue weighted by atomic mass is 10.2. The van der Waals surface area contributed by atoms with E-state index in [4.69, 9.17) is 16.3 Å². The van der Waals surface area contributed by atoms with E-state index in [2.05, 4.69) is 46.4 Å². The zero-order valence-corrected chi connectivity index (χ0v) is 12.7. The molecule has 0 bridgehead atoms. The van der Waals surface area contributed by atoms with Crippen molar-refractivity contribution >= 4 is 34.2 Å². The molecule has 16 heavy (non-hydrogen) atoms. The van der Waals surface area contributed by atoms with Crippen molar-refractivity contribution < 1.29 is 4.74 Å². The average molecular weight is 355 g/mol. The average Bonchev–Trinajstić information content (AvgIpc) is 2.29. The maximum absolute atomic E-state index is 6.08. The number of ether oxygens (including phenoxy) is 1. The second-order valence-electron chi connectivity index (χ2n) is 3.50. The number of methoxy groups -OCH3 is 1. The molecule has 0 fully saturated rings. The quantitative estimate of drug-likeness (QED) is 0.596. The highest BCUT2D eigenvalue weighted by atomic mass is 127. The molecule has 1 heterocycles. The van der Waals surface area contributed by atoms with Crippen molar-refractivity contribution in [1.82, 2.24) is 9.97 Å². The molecule has 1 rings (SSSR count). The van der Waals surface area contributed by atoms with E-state index in [-0.39, 0.29) is 6.10 Å². The van der Waals surface area contributed by atoms with Crippen LogP contribution in [0.25, 0.3) is 0 Å². The first kappa shape index (κ1) is 14.1. The van der Waals surface area contributed by atoms with Crippen LogP contribution in [0, 0.1) is 3.57 Å². The van der Waals surface area contributed by atoms with Crippen LogP contribution in [0.4, 0.5) is 0 Å². The largest absolute Gasteiger partial charge is 0.373 e. The molecule has 0 aliphatic heterocycles. The SMILES string of the molecule is CCCC(OC)c1nc(Cl)c(I)c(CC)n1. The van der Waals surface area contributed by atoms with E-state index >= 15 is 0 Å². The molecule has 0 aliphatic rings. The normalized spacial score (nSPS) is 12.8. The summed E-state index contributed by atoms with van der Waals surface area (Å²) < 4.78 is 6.33. The third-order valence-electron chi connectivity index (χ3n) is 2.35. The van der Waals surface area contributed by atoms with Gasteiger partial charge in [-0.15, -0.1) is 0 Å². The molecule has 0 aromatic carbocycles. The molecule has 1 aromatic rings. The number of nitrogens with zero attached hydrogens (tertiary/aromatic N) is 2. The van der Waals surface area contributed by atoms with Gasteiger partial charge >= 0.3 is 0 Å². The molecule has 0 radical (unpaired) electrons. The van der Waals surface area contributed by atoms with E-state index in [0.29, 0.717) is 11.0 Å². The maximum Gasteiger partial charge on any atom is 0.159 e. The Labute approximate surface area is 115 Å². The Balaban J connectivity index is 3.08.